The summed E-state index contributed by atoms with van der Waals surface area (Å²) in [5.74, 6) is 0.795. The molecule has 290 valence electrons. The van der Waals surface area contributed by atoms with E-state index in [4.69, 9.17) is 14.2 Å². The van der Waals surface area contributed by atoms with Crippen LogP contribution in [0, 0.1) is 11.8 Å². The molecule has 6 heteroatoms. The van der Waals surface area contributed by atoms with E-state index in [-0.39, 0.29) is 31.1 Å². The molecule has 0 aromatic rings. The van der Waals surface area contributed by atoms with Crippen LogP contribution in [-0.2, 0) is 28.6 Å². The highest BCUT2D eigenvalue weighted by Gasteiger charge is 2.19. The lowest BCUT2D eigenvalue weighted by atomic mass is 9.99. The first-order valence-electron chi connectivity index (χ1n) is 21.3. The number of carbonyl (C=O) groups is 3. The average Bonchev–Trinajstić information content (AvgIpc) is 3.08. The topological polar surface area (TPSA) is 78.9 Å². The van der Waals surface area contributed by atoms with Crippen LogP contribution in [0.5, 0.6) is 0 Å². The molecule has 0 amide bonds. The van der Waals surface area contributed by atoms with Crippen molar-refractivity contribution < 1.29 is 28.6 Å². The Balaban J connectivity index is 4.23. The molecule has 0 aromatic carbocycles. The van der Waals surface area contributed by atoms with E-state index in [1.165, 1.54) is 109 Å². The van der Waals surface area contributed by atoms with Gasteiger partial charge in [0.05, 0.1) is 0 Å². The van der Waals surface area contributed by atoms with Crippen molar-refractivity contribution in [2.24, 2.45) is 11.8 Å². The first kappa shape index (κ1) is 47.4. The molecule has 0 spiro atoms. The van der Waals surface area contributed by atoms with Gasteiger partial charge >= 0.3 is 17.9 Å². The van der Waals surface area contributed by atoms with E-state index in [0.717, 1.165) is 76.0 Å². The summed E-state index contributed by atoms with van der Waals surface area (Å²) in [6.07, 6.45) is 32.5. The van der Waals surface area contributed by atoms with E-state index in [2.05, 4.69) is 34.6 Å². The minimum atomic E-state index is -0.758. The predicted octanol–water partition coefficient (Wildman–Crippen LogP) is 13.0. The molecule has 0 aromatic heterocycles. The molecular formula is C43H82O6. The first-order valence-corrected chi connectivity index (χ1v) is 21.3. The summed E-state index contributed by atoms with van der Waals surface area (Å²) in [7, 11) is 0. The van der Waals surface area contributed by atoms with E-state index < -0.39 is 6.10 Å². The van der Waals surface area contributed by atoms with Crippen LogP contribution < -0.4 is 0 Å². The smallest absolute Gasteiger partial charge is 0.306 e. The molecule has 0 rings (SSSR count). The van der Waals surface area contributed by atoms with Gasteiger partial charge < -0.3 is 14.2 Å². The molecule has 0 saturated carbocycles. The maximum atomic E-state index is 12.6. The highest BCUT2D eigenvalue weighted by molar-refractivity contribution is 5.71. The van der Waals surface area contributed by atoms with Crippen LogP contribution in [0.1, 0.15) is 227 Å². The van der Waals surface area contributed by atoms with Crippen molar-refractivity contribution in [3.8, 4) is 0 Å². The van der Waals surface area contributed by atoms with Crippen molar-refractivity contribution in [3.63, 3.8) is 0 Å². The second kappa shape index (κ2) is 36.2. The summed E-state index contributed by atoms with van der Waals surface area (Å²) in [5.41, 5.74) is 0. The number of hydrogen-bond acceptors (Lipinski definition) is 6. The van der Waals surface area contributed by atoms with Gasteiger partial charge in [-0.3, -0.25) is 14.4 Å². The van der Waals surface area contributed by atoms with Gasteiger partial charge in [0.1, 0.15) is 13.2 Å². The third-order valence-corrected chi connectivity index (χ3v) is 9.83. The summed E-state index contributed by atoms with van der Waals surface area (Å²) in [6.45, 7) is 11.2. The molecule has 0 aliphatic rings. The zero-order chi connectivity index (χ0) is 36.2. The van der Waals surface area contributed by atoms with E-state index in [9.17, 15) is 14.4 Å². The van der Waals surface area contributed by atoms with Crippen molar-refractivity contribution in [1.82, 2.24) is 0 Å². The van der Waals surface area contributed by atoms with E-state index in [1.54, 1.807) is 0 Å². The maximum Gasteiger partial charge on any atom is 0.306 e. The zero-order valence-corrected chi connectivity index (χ0v) is 33.3. The first-order chi connectivity index (χ1) is 23.8. The Morgan fingerprint density at radius 3 is 1.16 bits per heavy atom. The number of ether oxygens (including phenoxy) is 3. The Morgan fingerprint density at radius 1 is 0.429 bits per heavy atom. The molecule has 0 fully saturated rings. The molecule has 0 bridgehead atoms. The standard InChI is InChI=1S/C43H82O6/c1-6-8-9-21-28-33-41(44)47-36-40(49-43(46)35-30-25-20-16-15-18-23-27-32-39(5)7-2)37-48-42(45)34-29-24-19-14-12-10-11-13-17-22-26-31-38(3)4/h38-40H,6-37H2,1-5H3/t39?,40-/m0/s1. The van der Waals surface area contributed by atoms with Crippen molar-refractivity contribution in [3.05, 3.63) is 0 Å². The normalized spacial score (nSPS) is 12.6. The predicted molar refractivity (Wildman–Crippen MR) is 206 cm³/mol. The average molecular weight is 695 g/mol. The molecule has 0 aliphatic carbocycles. The van der Waals surface area contributed by atoms with E-state index in [0.29, 0.717) is 19.3 Å². The van der Waals surface area contributed by atoms with E-state index in [1.807, 2.05) is 0 Å². The second-order valence-corrected chi connectivity index (χ2v) is 15.3. The van der Waals surface area contributed by atoms with Gasteiger partial charge in [0.25, 0.3) is 0 Å². The van der Waals surface area contributed by atoms with Crippen molar-refractivity contribution in [2.75, 3.05) is 13.2 Å². The van der Waals surface area contributed by atoms with Gasteiger partial charge in [-0.15, -0.1) is 0 Å². The lowest BCUT2D eigenvalue weighted by molar-refractivity contribution is -0.167. The minimum Gasteiger partial charge on any atom is -0.462 e. The summed E-state index contributed by atoms with van der Waals surface area (Å²) in [6, 6.07) is 0. The van der Waals surface area contributed by atoms with Gasteiger partial charge in [-0.25, -0.2) is 0 Å². The third-order valence-electron chi connectivity index (χ3n) is 9.83. The van der Waals surface area contributed by atoms with Gasteiger partial charge in [-0.2, -0.15) is 0 Å². The summed E-state index contributed by atoms with van der Waals surface area (Å²) >= 11 is 0. The third kappa shape index (κ3) is 36.0. The largest absolute Gasteiger partial charge is 0.462 e. The molecule has 2 atom stereocenters. The van der Waals surface area contributed by atoms with Crippen molar-refractivity contribution in [1.29, 1.82) is 0 Å². The fraction of sp³-hybridized carbons (Fsp3) is 0.930. The molecule has 1 unspecified atom stereocenters. The quantitative estimate of drug-likeness (QED) is 0.0366. The van der Waals surface area contributed by atoms with Gasteiger partial charge in [-0.05, 0) is 31.1 Å². The molecular weight excluding hydrogens is 612 g/mol. The highest BCUT2D eigenvalue weighted by atomic mass is 16.6. The zero-order valence-electron chi connectivity index (χ0n) is 33.3. The molecule has 0 aliphatic heterocycles. The molecule has 0 N–H and O–H groups in total. The van der Waals surface area contributed by atoms with Crippen molar-refractivity contribution in [2.45, 2.75) is 233 Å². The number of esters is 3. The SMILES string of the molecule is CCCCCCCC(=O)OC[C@@H](COC(=O)CCCCCCCCCCCCCC(C)C)OC(=O)CCCCCCCCCCC(C)CC. The van der Waals surface area contributed by atoms with Crippen LogP contribution in [0.3, 0.4) is 0 Å². The van der Waals surface area contributed by atoms with Crippen LogP contribution in [0.15, 0.2) is 0 Å². The molecule has 0 heterocycles. The van der Waals surface area contributed by atoms with Crippen molar-refractivity contribution >= 4 is 17.9 Å². The summed E-state index contributed by atoms with van der Waals surface area (Å²) in [4.78, 5) is 37.4. The maximum absolute atomic E-state index is 12.6. The van der Waals surface area contributed by atoms with Gasteiger partial charge in [-0.1, -0.05) is 189 Å². The van der Waals surface area contributed by atoms with E-state index >= 15 is 0 Å². The van der Waals surface area contributed by atoms with Gasteiger partial charge in [0, 0.05) is 19.3 Å². The van der Waals surface area contributed by atoms with Gasteiger partial charge in [0.15, 0.2) is 6.10 Å². The van der Waals surface area contributed by atoms with Crippen LogP contribution >= 0.6 is 0 Å². The Morgan fingerprint density at radius 2 is 0.776 bits per heavy atom. The minimum absolute atomic E-state index is 0.0666. The molecule has 0 radical (unpaired) electrons. The summed E-state index contributed by atoms with van der Waals surface area (Å²) < 4.78 is 16.6. The Kier molecular flexibility index (Phi) is 35.0. The Labute approximate surface area is 304 Å². The Bertz CT molecular complexity index is 751. The fourth-order valence-electron chi connectivity index (χ4n) is 6.19. The lowest BCUT2D eigenvalue weighted by Crippen LogP contribution is -2.30. The summed E-state index contributed by atoms with van der Waals surface area (Å²) in [5, 5.41) is 0. The monoisotopic (exact) mass is 695 g/mol. The fourth-order valence-corrected chi connectivity index (χ4v) is 6.19. The Hall–Kier alpha value is -1.59. The number of carbonyl (C=O) groups excluding carboxylic acids is 3. The second-order valence-electron chi connectivity index (χ2n) is 15.3. The van der Waals surface area contributed by atoms with Crippen LogP contribution in [0.4, 0.5) is 0 Å². The molecule has 6 nitrogen and oxygen atoms in total. The van der Waals surface area contributed by atoms with Gasteiger partial charge in [0.2, 0.25) is 0 Å². The number of hydrogen-bond donors (Lipinski definition) is 0. The van der Waals surface area contributed by atoms with Crippen LogP contribution in [-0.4, -0.2) is 37.2 Å². The van der Waals surface area contributed by atoms with Crippen LogP contribution in [0.25, 0.3) is 0 Å². The highest BCUT2D eigenvalue weighted by Crippen LogP contribution is 2.17. The number of rotatable bonds is 37. The number of unbranched alkanes of at least 4 members (excludes halogenated alkanes) is 21. The van der Waals surface area contributed by atoms with Crippen LogP contribution in [0.2, 0.25) is 0 Å². The molecule has 49 heavy (non-hydrogen) atoms. The lowest BCUT2D eigenvalue weighted by Gasteiger charge is -2.18. The molecule has 0 saturated heterocycles.